The highest BCUT2D eigenvalue weighted by Crippen LogP contribution is 2.18. The summed E-state index contributed by atoms with van der Waals surface area (Å²) in [6, 6.07) is 3.72. The number of carbonyl (C=O) groups is 2. The van der Waals surface area contributed by atoms with Crippen LogP contribution in [0.1, 0.15) is 36.2 Å². The molecule has 6 nitrogen and oxygen atoms in total. The molecular weight excluding hydrogens is 294 g/mol. The molecule has 0 fully saturated rings. The number of benzene rings is 1. The van der Waals surface area contributed by atoms with Gasteiger partial charge in [0.05, 0.1) is 10.5 Å². The number of aromatic carboxylic acids is 1. The van der Waals surface area contributed by atoms with Gasteiger partial charge in [0.2, 0.25) is 5.91 Å². The predicted octanol–water partition coefficient (Wildman–Crippen LogP) is 1.38. The van der Waals surface area contributed by atoms with Crippen LogP contribution in [0.15, 0.2) is 23.1 Å². The van der Waals surface area contributed by atoms with E-state index in [1.807, 2.05) is 6.92 Å². The van der Waals surface area contributed by atoms with E-state index >= 15 is 0 Å². The molecule has 1 aromatic carbocycles. The van der Waals surface area contributed by atoms with Crippen LogP contribution in [0.2, 0.25) is 0 Å². The van der Waals surface area contributed by atoms with Crippen molar-refractivity contribution < 1.29 is 23.1 Å². The first kappa shape index (κ1) is 17.2. The third kappa shape index (κ3) is 4.56. The van der Waals surface area contributed by atoms with Crippen LogP contribution in [0.5, 0.6) is 0 Å². The van der Waals surface area contributed by atoms with E-state index in [4.69, 9.17) is 5.11 Å². The lowest BCUT2D eigenvalue weighted by Crippen LogP contribution is -2.36. The summed E-state index contributed by atoms with van der Waals surface area (Å²) in [5, 5.41) is 11.5. The maximum Gasteiger partial charge on any atom is 0.335 e. The standard InChI is InChI=1S/C14H19NO5S/c1-4-10(3)15-13(16)8-21(19,20)12-7-11(14(17)18)6-5-9(12)2/h5-7,10H,4,8H2,1-3H3,(H,15,16)(H,17,18). The summed E-state index contributed by atoms with van der Waals surface area (Å²) in [5.41, 5.74) is 0.290. The molecule has 1 aromatic rings. The third-order valence-corrected chi connectivity index (χ3v) is 4.86. The molecule has 0 heterocycles. The van der Waals surface area contributed by atoms with Crippen molar-refractivity contribution in [1.82, 2.24) is 5.32 Å². The molecule has 0 aliphatic rings. The zero-order valence-electron chi connectivity index (χ0n) is 12.2. The molecule has 1 atom stereocenters. The zero-order chi connectivity index (χ0) is 16.2. The molecule has 116 valence electrons. The molecule has 0 saturated carbocycles. The highest BCUT2D eigenvalue weighted by molar-refractivity contribution is 7.92. The highest BCUT2D eigenvalue weighted by Gasteiger charge is 2.23. The minimum absolute atomic E-state index is 0.112. The fraction of sp³-hybridized carbons (Fsp3) is 0.429. The summed E-state index contributed by atoms with van der Waals surface area (Å²) >= 11 is 0. The molecule has 0 radical (unpaired) electrons. The molecule has 7 heteroatoms. The van der Waals surface area contributed by atoms with E-state index in [1.165, 1.54) is 12.1 Å². The van der Waals surface area contributed by atoms with Gasteiger partial charge in [0.15, 0.2) is 9.84 Å². The van der Waals surface area contributed by atoms with Crippen molar-refractivity contribution in [2.24, 2.45) is 0 Å². The maximum absolute atomic E-state index is 12.3. The Morgan fingerprint density at radius 2 is 1.95 bits per heavy atom. The first-order chi connectivity index (χ1) is 9.67. The second kappa shape index (κ2) is 6.71. The number of nitrogens with one attached hydrogen (secondary N) is 1. The predicted molar refractivity (Wildman–Crippen MR) is 78.1 cm³/mol. The van der Waals surface area contributed by atoms with Crippen LogP contribution in [0, 0.1) is 6.92 Å². The lowest BCUT2D eigenvalue weighted by Gasteiger charge is -2.12. The number of carbonyl (C=O) groups excluding carboxylic acids is 1. The van der Waals surface area contributed by atoms with Crippen molar-refractivity contribution >= 4 is 21.7 Å². The molecule has 1 unspecified atom stereocenters. The van der Waals surface area contributed by atoms with Gasteiger partial charge < -0.3 is 10.4 Å². The number of amides is 1. The van der Waals surface area contributed by atoms with Crippen molar-refractivity contribution in [2.75, 3.05) is 5.75 Å². The van der Waals surface area contributed by atoms with Crippen molar-refractivity contribution in [3.63, 3.8) is 0 Å². The van der Waals surface area contributed by atoms with E-state index < -0.39 is 27.5 Å². The molecule has 1 rings (SSSR count). The Hall–Kier alpha value is -1.89. The van der Waals surface area contributed by atoms with Gasteiger partial charge in [-0.1, -0.05) is 13.0 Å². The Kier molecular flexibility index (Phi) is 5.48. The molecule has 2 N–H and O–H groups in total. The number of aryl methyl sites for hydroxylation is 1. The molecule has 21 heavy (non-hydrogen) atoms. The van der Waals surface area contributed by atoms with E-state index in [0.29, 0.717) is 12.0 Å². The molecule has 0 aliphatic heterocycles. The monoisotopic (exact) mass is 313 g/mol. The first-order valence-electron chi connectivity index (χ1n) is 6.53. The molecule has 0 saturated heterocycles. The van der Waals surface area contributed by atoms with Crippen LogP contribution >= 0.6 is 0 Å². The van der Waals surface area contributed by atoms with Crippen molar-refractivity contribution in [3.8, 4) is 0 Å². The summed E-state index contributed by atoms with van der Waals surface area (Å²) in [6.07, 6.45) is 0.694. The summed E-state index contributed by atoms with van der Waals surface area (Å²) in [5.74, 6) is -2.50. The molecule has 0 aromatic heterocycles. The van der Waals surface area contributed by atoms with Gasteiger partial charge in [-0.15, -0.1) is 0 Å². The van der Waals surface area contributed by atoms with Gasteiger partial charge in [0.1, 0.15) is 5.75 Å². The Labute approximate surface area is 124 Å². The van der Waals surface area contributed by atoms with Crippen LogP contribution in [0.25, 0.3) is 0 Å². The number of carboxylic acid groups (broad SMARTS) is 1. The van der Waals surface area contributed by atoms with Gasteiger partial charge in [-0.2, -0.15) is 0 Å². The van der Waals surface area contributed by atoms with E-state index in [9.17, 15) is 18.0 Å². The van der Waals surface area contributed by atoms with E-state index in [2.05, 4.69) is 5.32 Å². The molecule has 0 spiro atoms. The van der Waals surface area contributed by atoms with E-state index in [1.54, 1.807) is 13.8 Å². The van der Waals surface area contributed by atoms with Gasteiger partial charge >= 0.3 is 5.97 Å². The summed E-state index contributed by atoms with van der Waals surface area (Å²) < 4.78 is 24.5. The quantitative estimate of drug-likeness (QED) is 0.826. The van der Waals surface area contributed by atoms with E-state index in [-0.39, 0.29) is 16.5 Å². The minimum atomic E-state index is -3.88. The van der Waals surface area contributed by atoms with E-state index in [0.717, 1.165) is 6.07 Å². The number of hydrogen-bond acceptors (Lipinski definition) is 4. The first-order valence-corrected chi connectivity index (χ1v) is 8.18. The Bertz CT molecular complexity index is 651. The second-order valence-corrected chi connectivity index (χ2v) is 6.88. The number of rotatable bonds is 6. The van der Waals surface area contributed by atoms with Crippen LogP contribution in [-0.2, 0) is 14.6 Å². The third-order valence-electron chi connectivity index (χ3n) is 3.11. The average molecular weight is 313 g/mol. The molecular formula is C14H19NO5S. The van der Waals surface area contributed by atoms with Gasteiger partial charge in [0, 0.05) is 6.04 Å². The number of hydrogen-bond donors (Lipinski definition) is 2. The summed E-state index contributed by atoms with van der Waals surface area (Å²) in [6.45, 7) is 5.21. The fourth-order valence-corrected chi connectivity index (χ4v) is 3.19. The smallest absolute Gasteiger partial charge is 0.335 e. The maximum atomic E-state index is 12.3. The molecule has 0 aliphatic carbocycles. The lowest BCUT2D eigenvalue weighted by molar-refractivity contribution is -0.119. The van der Waals surface area contributed by atoms with Gasteiger partial charge in [-0.3, -0.25) is 4.79 Å². The second-order valence-electron chi connectivity index (χ2n) is 4.92. The van der Waals surface area contributed by atoms with Crippen molar-refractivity contribution in [1.29, 1.82) is 0 Å². The van der Waals surface area contributed by atoms with Gasteiger partial charge in [-0.25, -0.2) is 13.2 Å². The SMILES string of the molecule is CCC(C)NC(=O)CS(=O)(=O)c1cc(C(=O)O)ccc1C. The lowest BCUT2D eigenvalue weighted by atomic mass is 10.1. The normalized spacial score (nSPS) is 12.7. The Balaban J connectivity index is 3.05. The Morgan fingerprint density at radius 3 is 2.48 bits per heavy atom. The Morgan fingerprint density at radius 1 is 1.33 bits per heavy atom. The van der Waals surface area contributed by atoms with Crippen LogP contribution in [0.3, 0.4) is 0 Å². The largest absolute Gasteiger partial charge is 0.478 e. The topological polar surface area (TPSA) is 101 Å². The average Bonchev–Trinajstić information content (AvgIpc) is 2.37. The summed E-state index contributed by atoms with van der Waals surface area (Å²) in [7, 11) is -3.88. The van der Waals surface area contributed by atoms with Crippen molar-refractivity contribution in [3.05, 3.63) is 29.3 Å². The van der Waals surface area contributed by atoms with Crippen LogP contribution in [-0.4, -0.2) is 37.2 Å². The zero-order valence-corrected chi connectivity index (χ0v) is 13.0. The number of sulfone groups is 1. The van der Waals surface area contributed by atoms with Crippen LogP contribution in [0.4, 0.5) is 0 Å². The van der Waals surface area contributed by atoms with Crippen LogP contribution < -0.4 is 5.32 Å². The van der Waals surface area contributed by atoms with Gasteiger partial charge in [0.25, 0.3) is 0 Å². The summed E-state index contributed by atoms with van der Waals surface area (Å²) in [4.78, 5) is 22.5. The number of carboxylic acids is 1. The molecule has 0 bridgehead atoms. The minimum Gasteiger partial charge on any atom is -0.478 e. The van der Waals surface area contributed by atoms with Crippen molar-refractivity contribution in [2.45, 2.75) is 38.1 Å². The molecule has 1 amide bonds. The highest BCUT2D eigenvalue weighted by atomic mass is 32.2. The van der Waals surface area contributed by atoms with Gasteiger partial charge in [-0.05, 0) is 38.0 Å². The fourth-order valence-electron chi connectivity index (χ4n) is 1.74.